The normalized spacial score (nSPS) is 23.5. The smallest absolute Gasteiger partial charge is 0.244 e. The Hall–Kier alpha value is -2.02. The van der Waals surface area contributed by atoms with Crippen molar-refractivity contribution in [1.29, 1.82) is 0 Å². The van der Waals surface area contributed by atoms with Gasteiger partial charge in [0.1, 0.15) is 11.6 Å². The van der Waals surface area contributed by atoms with Crippen LogP contribution in [0.4, 0.5) is 0 Å². The molecule has 2 aliphatic heterocycles. The number of carbonyl (C=O) groups excluding carboxylic acids is 3. The maximum atomic E-state index is 12.8. The van der Waals surface area contributed by atoms with Crippen molar-refractivity contribution >= 4 is 29.5 Å². The SMILES string of the molecule is O=C1CSC[C@@H](C(=O)NC2(c3ccccc3)CN(C(=O)CCCC3CC3)C2)N1. The molecule has 28 heavy (non-hydrogen) atoms. The molecule has 1 aromatic carbocycles. The number of hydrogen-bond acceptors (Lipinski definition) is 4. The number of likely N-dealkylation sites (tertiary alicyclic amines) is 1. The van der Waals surface area contributed by atoms with Gasteiger partial charge in [-0.3, -0.25) is 14.4 Å². The molecule has 1 aromatic rings. The standard InChI is InChI=1S/C21H27N3O3S/c25-18-12-28-11-17(22-18)20(27)23-21(16-6-2-1-3-7-16)13-24(14-21)19(26)8-4-5-15-9-10-15/h1-3,6-7,15,17H,4-5,8-14H2,(H,22,25)(H,23,27)/t17-/m0/s1. The lowest BCUT2D eigenvalue weighted by molar-refractivity contribution is -0.144. The average molecular weight is 402 g/mol. The maximum Gasteiger partial charge on any atom is 0.244 e. The van der Waals surface area contributed by atoms with Crippen LogP contribution in [0, 0.1) is 5.92 Å². The third-order valence-electron chi connectivity index (χ3n) is 5.83. The van der Waals surface area contributed by atoms with Crippen LogP contribution in [0.2, 0.25) is 0 Å². The number of nitrogens with zero attached hydrogens (tertiary/aromatic N) is 1. The van der Waals surface area contributed by atoms with Gasteiger partial charge in [-0.25, -0.2) is 0 Å². The van der Waals surface area contributed by atoms with Crippen molar-refractivity contribution in [3.05, 3.63) is 35.9 Å². The van der Waals surface area contributed by atoms with E-state index in [0.717, 1.165) is 24.3 Å². The summed E-state index contributed by atoms with van der Waals surface area (Å²) in [4.78, 5) is 38.8. The van der Waals surface area contributed by atoms with E-state index >= 15 is 0 Å². The Bertz CT molecular complexity index is 745. The first-order valence-electron chi connectivity index (χ1n) is 10.1. The molecule has 150 valence electrons. The van der Waals surface area contributed by atoms with Gasteiger partial charge >= 0.3 is 0 Å². The number of rotatable bonds is 7. The van der Waals surface area contributed by atoms with Gasteiger partial charge in [-0.2, -0.15) is 0 Å². The van der Waals surface area contributed by atoms with E-state index in [4.69, 9.17) is 0 Å². The highest BCUT2D eigenvalue weighted by Gasteiger charge is 2.48. The molecule has 2 saturated heterocycles. The Labute approximate surface area is 169 Å². The number of thioether (sulfide) groups is 1. The van der Waals surface area contributed by atoms with E-state index in [1.165, 1.54) is 24.6 Å². The summed E-state index contributed by atoms with van der Waals surface area (Å²) in [6.45, 7) is 0.970. The largest absolute Gasteiger partial charge is 0.343 e. The van der Waals surface area contributed by atoms with Gasteiger partial charge in [0.05, 0.1) is 5.75 Å². The Morgan fingerprint density at radius 2 is 1.96 bits per heavy atom. The van der Waals surface area contributed by atoms with Gasteiger partial charge in [-0.05, 0) is 24.3 Å². The Kier molecular flexibility index (Phi) is 5.62. The van der Waals surface area contributed by atoms with Crippen molar-refractivity contribution in [1.82, 2.24) is 15.5 Å². The Morgan fingerprint density at radius 1 is 1.21 bits per heavy atom. The van der Waals surface area contributed by atoms with Crippen LogP contribution in [-0.2, 0) is 19.9 Å². The zero-order valence-electron chi connectivity index (χ0n) is 16.0. The average Bonchev–Trinajstić information content (AvgIpc) is 3.49. The number of amides is 3. The molecule has 0 spiro atoms. The van der Waals surface area contributed by atoms with E-state index in [0.29, 0.717) is 31.0 Å². The molecule has 4 rings (SSSR count). The third-order valence-corrected chi connectivity index (χ3v) is 6.87. The summed E-state index contributed by atoms with van der Waals surface area (Å²) in [5, 5.41) is 5.91. The minimum absolute atomic E-state index is 0.105. The summed E-state index contributed by atoms with van der Waals surface area (Å²) in [6, 6.07) is 9.29. The van der Waals surface area contributed by atoms with Crippen LogP contribution in [0.15, 0.2) is 30.3 Å². The molecule has 0 radical (unpaired) electrons. The van der Waals surface area contributed by atoms with Crippen molar-refractivity contribution in [2.45, 2.75) is 43.7 Å². The van der Waals surface area contributed by atoms with E-state index in [9.17, 15) is 14.4 Å². The quantitative estimate of drug-likeness (QED) is 0.728. The first kappa shape index (κ1) is 19.3. The molecule has 0 bridgehead atoms. The van der Waals surface area contributed by atoms with Crippen LogP contribution in [0.25, 0.3) is 0 Å². The molecular weight excluding hydrogens is 374 g/mol. The summed E-state index contributed by atoms with van der Waals surface area (Å²) in [6.07, 6.45) is 5.33. The molecule has 7 heteroatoms. The molecule has 0 unspecified atom stereocenters. The topological polar surface area (TPSA) is 78.5 Å². The van der Waals surface area contributed by atoms with Crippen LogP contribution in [0.1, 0.15) is 37.7 Å². The summed E-state index contributed by atoms with van der Waals surface area (Å²) in [5.74, 6) is 1.71. The fourth-order valence-electron chi connectivity index (χ4n) is 3.99. The minimum atomic E-state index is -0.572. The van der Waals surface area contributed by atoms with Crippen LogP contribution in [0.5, 0.6) is 0 Å². The van der Waals surface area contributed by atoms with Crippen molar-refractivity contribution < 1.29 is 14.4 Å². The summed E-state index contributed by atoms with van der Waals surface area (Å²) in [7, 11) is 0. The number of hydrogen-bond donors (Lipinski definition) is 2. The molecule has 3 amide bonds. The summed E-state index contributed by atoms with van der Waals surface area (Å²) >= 11 is 1.47. The second-order valence-corrected chi connectivity index (χ2v) is 9.19. The van der Waals surface area contributed by atoms with Crippen LogP contribution in [0.3, 0.4) is 0 Å². The van der Waals surface area contributed by atoms with Gasteiger partial charge in [0.2, 0.25) is 17.7 Å². The fraction of sp³-hybridized carbons (Fsp3) is 0.571. The van der Waals surface area contributed by atoms with Crippen molar-refractivity contribution in [3.63, 3.8) is 0 Å². The summed E-state index contributed by atoms with van der Waals surface area (Å²) < 4.78 is 0. The lowest BCUT2D eigenvalue weighted by Crippen LogP contribution is -2.70. The fourth-order valence-corrected chi connectivity index (χ4v) is 4.85. The molecule has 2 heterocycles. The van der Waals surface area contributed by atoms with Gasteiger partial charge in [0.15, 0.2) is 0 Å². The summed E-state index contributed by atoms with van der Waals surface area (Å²) in [5.41, 5.74) is 0.428. The highest BCUT2D eigenvalue weighted by molar-refractivity contribution is 8.00. The third kappa shape index (κ3) is 4.35. The highest BCUT2D eigenvalue weighted by Crippen LogP contribution is 2.35. The van der Waals surface area contributed by atoms with Gasteiger partial charge in [0.25, 0.3) is 0 Å². The van der Waals surface area contributed by atoms with Crippen LogP contribution >= 0.6 is 11.8 Å². The number of benzene rings is 1. The predicted octanol–water partition coefficient (Wildman–Crippen LogP) is 1.65. The zero-order valence-corrected chi connectivity index (χ0v) is 16.8. The van der Waals surface area contributed by atoms with Crippen molar-refractivity contribution in [3.8, 4) is 0 Å². The molecule has 0 aromatic heterocycles. The van der Waals surface area contributed by atoms with E-state index in [1.54, 1.807) is 0 Å². The van der Waals surface area contributed by atoms with Gasteiger partial charge < -0.3 is 15.5 Å². The molecule has 2 N–H and O–H groups in total. The zero-order chi connectivity index (χ0) is 19.6. The van der Waals surface area contributed by atoms with E-state index in [1.807, 2.05) is 35.2 Å². The maximum absolute atomic E-state index is 12.8. The van der Waals surface area contributed by atoms with Gasteiger partial charge in [0, 0.05) is 25.3 Å². The van der Waals surface area contributed by atoms with Crippen molar-refractivity contribution in [2.24, 2.45) is 5.92 Å². The van der Waals surface area contributed by atoms with Crippen LogP contribution < -0.4 is 10.6 Å². The van der Waals surface area contributed by atoms with E-state index in [-0.39, 0.29) is 17.7 Å². The molecular formula is C21H27N3O3S. The molecule has 1 aliphatic carbocycles. The first-order chi connectivity index (χ1) is 13.6. The second kappa shape index (κ2) is 8.15. The minimum Gasteiger partial charge on any atom is -0.343 e. The lowest BCUT2D eigenvalue weighted by atomic mass is 9.81. The van der Waals surface area contributed by atoms with E-state index < -0.39 is 11.6 Å². The Balaban J connectivity index is 1.39. The second-order valence-electron chi connectivity index (χ2n) is 8.16. The molecule has 1 atom stereocenters. The molecule has 6 nitrogen and oxygen atoms in total. The van der Waals surface area contributed by atoms with Crippen molar-refractivity contribution in [2.75, 3.05) is 24.6 Å². The Morgan fingerprint density at radius 3 is 2.64 bits per heavy atom. The van der Waals surface area contributed by atoms with Crippen LogP contribution in [-0.4, -0.2) is 53.3 Å². The monoisotopic (exact) mass is 401 g/mol. The predicted molar refractivity (Wildman–Crippen MR) is 109 cm³/mol. The number of carbonyl (C=O) groups is 3. The van der Waals surface area contributed by atoms with Gasteiger partial charge in [-0.15, -0.1) is 11.8 Å². The molecule has 1 saturated carbocycles. The lowest BCUT2D eigenvalue weighted by Gasteiger charge is -2.51. The molecule has 3 aliphatic rings. The highest BCUT2D eigenvalue weighted by atomic mass is 32.2. The first-order valence-corrected chi connectivity index (χ1v) is 11.2. The van der Waals surface area contributed by atoms with Gasteiger partial charge in [-0.1, -0.05) is 43.2 Å². The number of nitrogens with one attached hydrogen (secondary N) is 2. The molecule has 3 fully saturated rings. The van der Waals surface area contributed by atoms with E-state index in [2.05, 4.69) is 10.6 Å².